The second-order valence-electron chi connectivity index (χ2n) is 4.94. The SMILES string of the molecule is CCCCCCCCCOC(=O)COc1ccccc1.[H-].[Na+]. The number of hydrogen-bond acceptors (Lipinski definition) is 3. The van der Waals surface area contributed by atoms with Gasteiger partial charge in [0.25, 0.3) is 0 Å². The second kappa shape index (κ2) is 14.4. The summed E-state index contributed by atoms with van der Waals surface area (Å²) in [6, 6.07) is 9.30. The summed E-state index contributed by atoms with van der Waals surface area (Å²) in [5.74, 6) is 0.403. The Hall–Kier alpha value is -0.510. The topological polar surface area (TPSA) is 35.5 Å². The maximum absolute atomic E-state index is 11.4. The Balaban J connectivity index is 0. The van der Waals surface area contributed by atoms with E-state index in [1.54, 1.807) is 0 Å². The van der Waals surface area contributed by atoms with Crippen molar-refractivity contribution in [3.05, 3.63) is 30.3 Å². The fourth-order valence-electron chi connectivity index (χ4n) is 1.95. The third kappa shape index (κ3) is 11.8. The summed E-state index contributed by atoms with van der Waals surface area (Å²) in [5, 5.41) is 0. The molecule has 0 bridgehead atoms. The minimum atomic E-state index is -0.292. The molecule has 4 heteroatoms. The van der Waals surface area contributed by atoms with E-state index in [1.807, 2.05) is 30.3 Å². The van der Waals surface area contributed by atoms with E-state index in [0.717, 1.165) is 12.8 Å². The molecule has 0 heterocycles. The first-order valence-electron chi connectivity index (χ1n) is 7.66. The summed E-state index contributed by atoms with van der Waals surface area (Å²) in [6.07, 6.45) is 8.53. The van der Waals surface area contributed by atoms with Crippen LogP contribution in [0.15, 0.2) is 30.3 Å². The van der Waals surface area contributed by atoms with Crippen LogP contribution in [0.1, 0.15) is 53.3 Å². The molecule has 0 fully saturated rings. The van der Waals surface area contributed by atoms with Crippen LogP contribution in [-0.2, 0) is 9.53 Å². The van der Waals surface area contributed by atoms with Gasteiger partial charge in [-0.05, 0) is 18.6 Å². The molecule has 0 saturated carbocycles. The number of ether oxygens (including phenoxy) is 2. The van der Waals surface area contributed by atoms with E-state index in [2.05, 4.69) is 6.92 Å². The van der Waals surface area contributed by atoms with Gasteiger partial charge in [0.05, 0.1) is 6.61 Å². The number of benzene rings is 1. The van der Waals surface area contributed by atoms with Crippen molar-refractivity contribution in [1.82, 2.24) is 0 Å². The number of carbonyl (C=O) groups is 1. The van der Waals surface area contributed by atoms with Gasteiger partial charge in [0.2, 0.25) is 0 Å². The molecule has 3 nitrogen and oxygen atoms in total. The van der Waals surface area contributed by atoms with Gasteiger partial charge in [-0.2, -0.15) is 0 Å². The van der Waals surface area contributed by atoms with Crippen molar-refractivity contribution < 1.29 is 45.3 Å². The number of para-hydroxylation sites is 1. The van der Waals surface area contributed by atoms with E-state index < -0.39 is 0 Å². The Labute approximate surface area is 152 Å². The molecule has 21 heavy (non-hydrogen) atoms. The minimum Gasteiger partial charge on any atom is -1.00 e. The quantitative estimate of drug-likeness (QED) is 0.353. The molecule has 0 amide bonds. The summed E-state index contributed by atoms with van der Waals surface area (Å²) in [7, 11) is 0. The first-order valence-corrected chi connectivity index (χ1v) is 7.66. The van der Waals surface area contributed by atoms with E-state index in [0.29, 0.717) is 12.4 Å². The Bertz CT molecular complexity index is 360. The number of rotatable bonds is 11. The van der Waals surface area contributed by atoms with Crippen LogP contribution in [0, 0.1) is 0 Å². The molecule has 0 aromatic heterocycles. The molecule has 114 valence electrons. The molecule has 0 aliphatic heterocycles. The van der Waals surface area contributed by atoms with Crippen molar-refractivity contribution in [2.45, 2.75) is 51.9 Å². The monoisotopic (exact) mass is 302 g/mol. The molecule has 1 rings (SSSR count). The molecule has 0 spiro atoms. The molecule has 0 saturated heterocycles. The van der Waals surface area contributed by atoms with Gasteiger partial charge in [-0.1, -0.05) is 63.6 Å². The van der Waals surface area contributed by atoms with Crippen LogP contribution < -0.4 is 34.3 Å². The number of unbranched alkanes of at least 4 members (excludes halogenated alkanes) is 6. The van der Waals surface area contributed by atoms with Crippen molar-refractivity contribution in [2.24, 2.45) is 0 Å². The fraction of sp³-hybridized carbons (Fsp3) is 0.588. The Morgan fingerprint density at radius 1 is 1.00 bits per heavy atom. The first-order chi connectivity index (χ1) is 9.83. The van der Waals surface area contributed by atoms with E-state index in [1.165, 1.54) is 32.1 Å². The smallest absolute Gasteiger partial charge is 1.00 e. The molecule has 0 atom stereocenters. The van der Waals surface area contributed by atoms with Crippen LogP contribution in [0.3, 0.4) is 0 Å². The third-order valence-corrected chi connectivity index (χ3v) is 3.11. The largest absolute Gasteiger partial charge is 1.00 e. The van der Waals surface area contributed by atoms with Crippen molar-refractivity contribution >= 4 is 5.97 Å². The Morgan fingerprint density at radius 3 is 2.29 bits per heavy atom. The summed E-state index contributed by atoms with van der Waals surface area (Å²) in [6.45, 7) is 2.71. The van der Waals surface area contributed by atoms with Gasteiger partial charge in [-0.3, -0.25) is 0 Å². The fourth-order valence-corrected chi connectivity index (χ4v) is 1.95. The zero-order chi connectivity index (χ0) is 14.5. The van der Waals surface area contributed by atoms with Crippen LogP contribution in [-0.4, -0.2) is 19.2 Å². The van der Waals surface area contributed by atoms with Crippen LogP contribution in [0.4, 0.5) is 0 Å². The standard InChI is InChI=1S/C17H26O3.Na.H/c1-2-3-4-5-6-7-11-14-19-17(18)15-20-16-12-9-8-10-13-16;;/h8-10,12-13H,2-7,11,14-15H2,1H3;;/q;+1;-1. The van der Waals surface area contributed by atoms with Crippen molar-refractivity contribution in [1.29, 1.82) is 0 Å². The van der Waals surface area contributed by atoms with Gasteiger partial charge in [0.15, 0.2) is 6.61 Å². The predicted molar refractivity (Wildman–Crippen MR) is 82.0 cm³/mol. The normalized spacial score (nSPS) is 9.76. The van der Waals surface area contributed by atoms with E-state index in [9.17, 15) is 4.79 Å². The maximum Gasteiger partial charge on any atom is 1.00 e. The van der Waals surface area contributed by atoms with Crippen molar-refractivity contribution in [3.63, 3.8) is 0 Å². The van der Waals surface area contributed by atoms with Crippen LogP contribution in [0.2, 0.25) is 0 Å². The van der Waals surface area contributed by atoms with Gasteiger partial charge < -0.3 is 10.9 Å². The molecule has 1 aromatic carbocycles. The number of esters is 1. The molecular formula is C17H27NaO3. The first kappa shape index (κ1) is 20.5. The van der Waals surface area contributed by atoms with Crippen molar-refractivity contribution in [2.75, 3.05) is 13.2 Å². The molecule has 1 aromatic rings. The number of hydrogen-bond donors (Lipinski definition) is 0. The van der Waals surface area contributed by atoms with Crippen molar-refractivity contribution in [3.8, 4) is 5.75 Å². The summed E-state index contributed by atoms with van der Waals surface area (Å²) >= 11 is 0. The van der Waals surface area contributed by atoms with Gasteiger partial charge in [0.1, 0.15) is 5.75 Å². The molecular weight excluding hydrogens is 275 g/mol. The summed E-state index contributed by atoms with van der Waals surface area (Å²) in [4.78, 5) is 11.4. The van der Waals surface area contributed by atoms with Gasteiger partial charge in [0, 0.05) is 0 Å². The second-order valence-corrected chi connectivity index (χ2v) is 4.94. The third-order valence-electron chi connectivity index (χ3n) is 3.11. The minimum absolute atomic E-state index is 0. The average molecular weight is 302 g/mol. The summed E-state index contributed by atoms with van der Waals surface area (Å²) < 4.78 is 10.4. The molecule has 0 unspecified atom stereocenters. The van der Waals surface area contributed by atoms with Gasteiger partial charge in [-0.25, -0.2) is 4.79 Å². The van der Waals surface area contributed by atoms with Crippen LogP contribution >= 0.6 is 0 Å². The molecule has 0 radical (unpaired) electrons. The van der Waals surface area contributed by atoms with Gasteiger partial charge in [-0.15, -0.1) is 0 Å². The van der Waals surface area contributed by atoms with E-state index >= 15 is 0 Å². The van der Waals surface area contributed by atoms with Gasteiger partial charge >= 0.3 is 35.5 Å². The molecule has 0 aliphatic rings. The van der Waals surface area contributed by atoms with Crippen LogP contribution in [0.5, 0.6) is 5.75 Å². The van der Waals surface area contributed by atoms with E-state index in [4.69, 9.17) is 9.47 Å². The molecule has 0 aliphatic carbocycles. The van der Waals surface area contributed by atoms with E-state index in [-0.39, 0.29) is 43.6 Å². The Kier molecular flexibility index (Phi) is 14.1. The number of carbonyl (C=O) groups excluding carboxylic acids is 1. The zero-order valence-corrected chi connectivity index (χ0v) is 15.5. The van der Waals surface area contributed by atoms with Crippen LogP contribution in [0.25, 0.3) is 0 Å². The Morgan fingerprint density at radius 2 is 1.62 bits per heavy atom. The maximum atomic E-state index is 11.4. The molecule has 0 N–H and O–H groups in total. The zero-order valence-electron chi connectivity index (χ0n) is 14.5. The summed E-state index contributed by atoms with van der Waals surface area (Å²) in [5.41, 5.74) is 0. The average Bonchev–Trinajstić information content (AvgIpc) is 2.49. The predicted octanol–water partition coefficient (Wildman–Crippen LogP) is 1.48.